The zero-order valence-electron chi connectivity index (χ0n) is 22.0. The van der Waals surface area contributed by atoms with Gasteiger partial charge in [-0.05, 0) is 49.1 Å². The molecule has 0 bridgehead atoms. The highest BCUT2D eigenvalue weighted by molar-refractivity contribution is 5.57. The van der Waals surface area contributed by atoms with Crippen molar-refractivity contribution < 1.29 is 4.74 Å². The molecular weight excluding hydrogens is 416 g/mol. The van der Waals surface area contributed by atoms with Crippen LogP contribution in [0.4, 0.5) is 0 Å². The molecule has 0 heterocycles. The summed E-state index contributed by atoms with van der Waals surface area (Å²) in [4.78, 5) is 0. The average molecular weight is 465 g/mol. The number of nitriles is 2. The highest BCUT2D eigenvalue weighted by atomic mass is 16.5. The summed E-state index contributed by atoms with van der Waals surface area (Å²) in [5, 5.41) is 19.4. The largest absolute Gasteiger partial charge is 0.492 e. The van der Waals surface area contributed by atoms with E-state index >= 15 is 0 Å². The van der Waals surface area contributed by atoms with E-state index in [1.54, 1.807) is 0 Å². The molecule has 3 nitrogen and oxygen atoms in total. The summed E-state index contributed by atoms with van der Waals surface area (Å²) >= 11 is 0. The number of unbranched alkanes of at least 4 members (excludes halogenated alkanes) is 8. The van der Waals surface area contributed by atoms with Gasteiger partial charge in [0, 0.05) is 0 Å². The lowest BCUT2D eigenvalue weighted by Gasteiger charge is -2.28. The molecule has 188 valence electrons. The van der Waals surface area contributed by atoms with Crippen molar-refractivity contribution in [2.45, 2.75) is 129 Å². The zero-order valence-corrected chi connectivity index (χ0v) is 22.0. The second-order valence-corrected chi connectivity index (χ2v) is 10.4. The molecule has 0 saturated heterocycles. The Hall–Kier alpha value is -2.00. The van der Waals surface area contributed by atoms with Gasteiger partial charge in [-0.15, -0.1) is 0 Å². The number of ether oxygens (including phenoxy) is 1. The Bertz CT molecular complexity index is 765. The summed E-state index contributed by atoms with van der Waals surface area (Å²) in [6.07, 6.45) is 23.1. The van der Waals surface area contributed by atoms with Crippen LogP contribution in [0.3, 0.4) is 0 Å². The predicted molar refractivity (Wildman–Crippen MR) is 142 cm³/mol. The molecule has 1 aliphatic carbocycles. The number of hydrogen-bond acceptors (Lipinski definition) is 3. The van der Waals surface area contributed by atoms with Gasteiger partial charge in [0.1, 0.15) is 23.5 Å². The van der Waals surface area contributed by atoms with Crippen LogP contribution in [0.1, 0.15) is 140 Å². The van der Waals surface area contributed by atoms with Crippen molar-refractivity contribution in [3.8, 4) is 17.9 Å². The van der Waals surface area contributed by atoms with Crippen molar-refractivity contribution in [1.29, 1.82) is 10.5 Å². The Kier molecular flexibility index (Phi) is 14.5. The van der Waals surface area contributed by atoms with Gasteiger partial charge in [0.25, 0.3) is 0 Å². The van der Waals surface area contributed by atoms with E-state index in [4.69, 9.17) is 4.74 Å². The van der Waals surface area contributed by atoms with Gasteiger partial charge in [-0.3, -0.25) is 0 Å². The second kappa shape index (κ2) is 17.4. The van der Waals surface area contributed by atoms with Crippen molar-refractivity contribution in [3.05, 3.63) is 28.8 Å². The molecule has 0 amide bonds. The fourth-order valence-corrected chi connectivity index (χ4v) is 5.51. The first-order chi connectivity index (χ1) is 16.7. The lowest BCUT2D eigenvalue weighted by atomic mass is 9.78. The highest BCUT2D eigenvalue weighted by Crippen LogP contribution is 2.34. The molecule has 3 heteroatoms. The monoisotopic (exact) mass is 464 g/mol. The van der Waals surface area contributed by atoms with Crippen LogP contribution in [-0.2, 0) is 6.42 Å². The molecule has 1 aromatic carbocycles. The molecule has 0 atom stereocenters. The lowest BCUT2D eigenvalue weighted by molar-refractivity contribution is 0.228. The summed E-state index contributed by atoms with van der Waals surface area (Å²) in [5.41, 5.74) is 1.93. The summed E-state index contributed by atoms with van der Waals surface area (Å²) in [6.45, 7) is 5.13. The Morgan fingerprint density at radius 2 is 1.26 bits per heavy atom. The maximum atomic E-state index is 9.70. The Morgan fingerprint density at radius 3 is 1.85 bits per heavy atom. The summed E-state index contributed by atoms with van der Waals surface area (Å²) < 4.78 is 6.01. The number of nitrogens with zero attached hydrogens (tertiary/aromatic N) is 2. The van der Waals surface area contributed by atoms with Crippen LogP contribution in [0, 0.1) is 34.5 Å². The first-order valence-electron chi connectivity index (χ1n) is 14.3. The highest BCUT2D eigenvalue weighted by Gasteiger charge is 2.21. The van der Waals surface area contributed by atoms with Gasteiger partial charge in [-0.25, -0.2) is 0 Å². The fourth-order valence-electron chi connectivity index (χ4n) is 5.51. The predicted octanol–water partition coefficient (Wildman–Crippen LogP) is 9.27. The van der Waals surface area contributed by atoms with Crippen LogP contribution in [-0.4, -0.2) is 6.61 Å². The molecule has 0 N–H and O–H groups in total. The van der Waals surface area contributed by atoms with E-state index in [0.29, 0.717) is 23.5 Å². The Morgan fingerprint density at radius 1 is 0.706 bits per heavy atom. The van der Waals surface area contributed by atoms with Gasteiger partial charge in [0.2, 0.25) is 0 Å². The fraction of sp³-hybridized carbons (Fsp3) is 0.742. The summed E-state index contributed by atoms with van der Waals surface area (Å²) in [5.74, 6) is 2.38. The van der Waals surface area contributed by atoms with Gasteiger partial charge in [0.05, 0.1) is 12.2 Å². The topological polar surface area (TPSA) is 56.8 Å². The lowest BCUT2D eigenvalue weighted by Crippen LogP contribution is -2.15. The van der Waals surface area contributed by atoms with E-state index in [9.17, 15) is 10.5 Å². The van der Waals surface area contributed by atoms with Crippen molar-refractivity contribution in [2.24, 2.45) is 11.8 Å². The van der Waals surface area contributed by atoms with Crippen LogP contribution in [0.25, 0.3) is 0 Å². The van der Waals surface area contributed by atoms with Crippen molar-refractivity contribution in [3.63, 3.8) is 0 Å². The molecule has 0 spiro atoms. The second-order valence-electron chi connectivity index (χ2n) is 10.4. The van der Waals surface area contributed by atoms with Crippen molar-refractivity contribution >= 4 is 0 Å². The first kappa shape index (κ1) is 28.2. The molecule has 0 radical (unpaired) electrons. The third kappa shape index (κ3) is 10.1. The molecule has 1 saturated carbocycles. The smallest absolute Gasteiger partial charge is 0.138 e. The van der Waals surface area contributed by atoms with Crippen LogP contribution in [0.5, 0.6) is 5.75 Å². The van der Waals surface area contributed by atoms with Crippen LogP contribution < -0.4 is 4.74 Å². The Balaban J connectivity index is 1.70. The average Bonchev–Trinajstić information content (AvgIpc) is 2.87. The standard InChI is InChI=1S/C31H48N2O/c1-3-5-7-9-11-14-26-17-19-27(20-18-26)15-13-23-34-31-22-21-28(16-12-10-8-6-4-2)29(24-32)30(31)25-33/h21-22,26-27H,3-20,23H2,1-2H3/t26-,27-. The van der Waals surface area contributed by atoms with E-state index in [2.05, 4.69) is 26.0 Å². The number of rotatable bonds is 17. The minimum Gasteiger partial charge on any atom is -0.492 e. The molecule has 2 rings (SSSR count). The number of benzene rings is 1. The normalized spacial score (nSPS) is 17.8. The van der Waals surface area contributed by atoms with Crippen LogP contribution >= 0.6 is 0 Å². The van der Waals surface area contributed by atoms with E-state index in [1.807, 2.05) is 12.1 Å². The maximum Gasteiger partial charge on any atom is 0.138 e. The van der Waals surface area contributed by atoms with E-state index in [0.717, 1.165) is 36.7 Å². The number of hydrogen-bond donors (Lipinski definition) is 0. The van der Waals surface area contributed by atoms with E-state index in [1.165, 1.54) is 96.3 Å². The van der Waals surface area contributed by atoms with E-state index in [-0.39, 0.29) is 0 Å². The summed E-state index contributed by atoms with van der Waals surface area (Å²) in [7, 11) is 0. The van der Waals surface area contributed by atoms with Crippen LogP contribution in [0.2, 0.25) is 0 Å². The summed E-state index contributed by atoms with van der Waals surface area (Å²) in [6, 6.07) is 8.42. The van der Waals surface area contributed by atoms with Gasteiger partial charge in [0.15, 0.2) is 0 Å². The van der Waals surface area contributed by atoms with Gasteiger partial charge in [-0.2, -0.15) is 10.5 Å². The molecule has 0 aliphatic heterocycles. The zero-order chi connectivity index (χ0) is 24.4. The molecule has 1 fully saturated rings. The van der Waals surface area contributed by atoms with Crippen molar-refractivity contribution in [2.75, 3.05) is 6.61 Å². The molecule has 0 aromatic heterocycles. The molecule has 1 aromatic rings. The minimum atomic E-state index is 0.424. The quantitative estimate of drug-likeness (QED) is 0.216. The molecule has 34 heavy (non-hydrogen) atoms. The number of aryl methyl sites for hydroxylation is 1. The van der Waals surface area contributed by atoms with Gasteiger partial charge in [-0.1, -0.05) is 110 Å². The molecular formula is C31H48N2O. The van der Waals surface area contributed by atoms with Crippen molar-refractivity contribution in [1.82, 2.24) is 0 Å². The minimum absolute atomic E-state index is 0.424. The first-order valence-corrected chi connectivity index (χ1v) is 14.3. The third-order valence-electron chi connectivity index (χ3n) is 7.72. The SMILES string of the molecule is CCCCCCCc1ccc(OCCC[C@H]2CC[C@H](CCCCCCC)CC2)c(C#N)c1C#N. The Labute approximate surface area is 209 Å². The maximum absolute atomic E-state index is 9.70. The van der Waals surface area contributed by atoms with E-state index < -0.39 is 0 Å². The van der Waals surface area contributed by atoms with Gasteiger partial charge < -0.3 is 4.74 Å². The molecule has 1 aliphatic rings. The van der Waals surface area contributed by atoms with Crippen LogP contribution in [0.15, 0.2) is 12.1 Å². The molecule has 0 unspecified atom stereocenters. The third-order valence-corrected chi connectivity index (χ3v) is 7.72. The van der Waals surface area contributed by atoms with Gasteiger partial charge >= 0.3 is 0 Å².